The van der Waals surface area contributed by atoms with Gasteiger partial charge in [-0.3, -0.25) is 4.79 Å². The van der Waals surface area contributed by atoms with E-state index < -0.39 is 0 Å². The van der Waals surface area contributed by atoms with Crippen LogP contribution in [-0.4, -0.2) is 35.0 Å². The van der Waals surface area contributed by atoms with Gasteiger partial charge in [0, 0.05) is 35.5 Å². The number of thiazole rings is 1. The van der Waals surface area contributed by atoms with E-state index >= 15 is 0 Å². The van der Waals surface area contributed by atoms with E-state index in [0.717, 1.165) is 28.3 Å². The largest absolute Gasteiger partial charge is 0.312 e. The molecule has 1 aliphatic heterocycles. The van der Waals surface area contributed by atoms with Gasteiger partial charge in [-0.1, -0.05) is 22.9 Å². The Morgan fingerprint density at radius 1 is 1.55 bits per heavy atom. The van der Waals surface area contributed by atoms with Crippen molar-refractivity contribution < 1.29 is 4.79 Å². The quantitative estimate of drug-likeness (QED) is 0.910. The molecular weight excluding hydrogens is 314 g/mol. The number of nitrogens with zero attached hydrogens (tertiary/aromatic N) is 1. The molecule has 0 saturated carbocycles. The number of carbonyl (C=O) groups excluding carboxylic acids is 1. The lowest BCUT2D eigenvalue weighted by molar-refractivity contribution is -0.116. The predicted octanol–water partition coefficient (Wildman–Crippen LogP) is 2.98. The van der Waals surface area contributed by atoms with Crippen molar-refractivity contribution in [2.75, 3.05) is 23.4 Å². The molecule has 2 aromatic rings. The first-order valence-electron chi connectivity index (χ1n) is 6.38. The number of rotatable bonds is 3. The van der Waals surface area contributed by atoms with Gasteiger partial charge in [0.25, 0.3) is 0 Å². The molecule has 0 aliphatic carbocycles. The summed E-state index contributed by atoms with van der Waals surface area (Å²) in [6, 6.07) is 5.79. The molecule has 3 rings (SSSR count). The average Bonchev–Trinajstić information content (AvgIpc) is 2.80. The van der Waals surface area contributed by atoms with Gasteiger partial charge in [-0.25, -0.2) is 4.98 Å². The van der Waals surface area contributed by atoms with E-state index in [0.29, 0.717) is 16.6 Å². The minimum atomic E-state index is 0.00940. The standard InChI is InChI=1S/C13H14ClN3OS2/c14-8-1-2-10-11(5-8)20-13(16-10)17-12(18)6-9-7-19-4-3-15-9/h1-2,5,9,15H,3-4,6-7H2,(H,16,17,18). The number of amides is 1. The van der Waals surface area contributed by atoms with Gasteiger partial charge in [0.1, 0.15) is 0 Å². The van der Waals surface area contributed by atoms with Crippen LogP contribution >= 0.6 is 34.7 Å². The van der Waals surface area contributed by atoms with Crippen molar-refractivity contribution in [1.82, 2.24) is 10.3 Å². The summed E-state index contributed by atoms with van der Waals surface area (Å²) < 4.78 is 0.985. The molecule has 2 N–H and O–H groups in total. The molecule has 7 heteroatoms. The fourth-order valence-corrected chi connectivity index (χ4v) is 4.20. The summed E-state index contributed by atoms with van der Waals surface area (Å²) in [7, 11) is 0. The van der Waals surface area contributed by atoms with Gasteiger partial charge in [0.05, 0.1) is 10.2 Å². The number of carbonyl (C=O) groups is 1. The van der Waals surface area contributed by atoms with Gasteiger partial charge in [-0.2, -0.15) is 11.8 Å². The molecule has 1 fully saturated rings. The first-order chi connectivity index (χ1) is 9.70. The van der Waals surface area contributed by atoms with Crippen LogP contribution in [0, 0.1) is 0 Å². The van der Waals surface area contributed by atoms with Crippen LogP contribution in [0.2, 0.25) is 5.02 Å². The van der Waals surface area contributed by atoms with E-state index in [4.69, 9.17) is 11.6 Å². The van der Waals surface area contributed by atoms with Crippen LogP contribution in [0.5, 0.6) is 0 Å². The Hall–Kier alpha value is -0.820. The van der Waals surface area contributed by atoms with E-state index in [2.05, 4.69) is 15.6 Å². The minimum absolute atomic E-state index is 0.00940. The second-order valence-electron chi connectivity index (χ2n) is 4.61. The summed E-state index contributed by atoms with van der Waals surface area (Å²) in [6.07, 6.45) is 0.490. The third kappa shape index (κ3) is 3.44. The number of anilines is 1. The zero-order chi connectivity index (χ0) is 13.9. The van der Waals surface area contributed by atoms with Crippen LogP contribution < -0.4 is 10.6 Å². The molecule has 1 aromatic heterocycles. The van der Waals surface area contributed by atoms with Gasteiger partial charge in [-0.15, -0.1) is 0 Å². The summed E-state index contributed by atoms with van der Waals surface area (Å²) in [4.78, 5) is 16.4. The minimum Gasteiger partial charge on any atom is -0.312 e. The molecule has 106 valence electrons. The molecule has 1 saturated heterocycles. The van der Waals surface area contributed by atoms with E-state index in [9.17, 15) is 4.79 Å². The summed E-state index contributed by atoms with van der Waals surface area (Å²) >= 11 is 9.28. The molecule has 20 heavy (non-hydrogen) atoms. The fraction of sp³-hybridized carbons (Fsp3) is 0.385. The summed E-state index contributed by atoms with van der Waals surface area (Å²) in [5.74, 6) is 2.12. The third-order valence-electron chi connectivity index (χ3n) is 3.03. The van der Waals surface area contributed by atoms with Crippen molar-refractivity contribution in [2.45, 2.75) is 12.5 Å². The van der Waals surface area contributed by atoms with Gasteiger partial charge in [0.15, 0.2) is 5.13 Å². The Kier molecular flexibility index (Phi) is 4.45. The predicted molar refractivity (Wildman–Crippen MR) is 87.0 cm³/mol. The van der Waals surface area contributed by atoms with Crippen molar-refractivity contribution >= 4 is 56.0 Å². The number of nitrogens with one attached hydrogen (secondary N) is 2. The van der Waals surface area contributed by atoms with Crippen molar-refractivity contribution in [3.8, 4) is 0 Å². The van der Waals surface area contributed by atoms with Gasteiger partial charge in [0.2, 0.25) is 5.91 Å². The lowest BCUT2D eigenvalue weighted by Gasteiger charge is -2.22. The molecule has 1 atom stereocenters. The Balaban J connectivity index is 1.64. The number of benzene rings is 1. The Bertz CT molecular complexity index is 625. The lowest BCUT2D eigenvalue weighted by Crippen LogP contribution is -2.39. The summed E-state index contributed by atoms with van der Waals surface area (Å²) in [5, 5.41) is 7.55. The molecule has 1 unspecified atom stereocenters. The zero-order valence-corrected chi connectivity index (χ0v) is 13.1. The number of thioether (sulfide) groups is 1. The van der Waals surface area contributed by atoms with E-state index in [1.165, 1.54) is 11.3 Å². The van der Waals surface area contributed by atoms with Crippen molar-refractivity contribution in [3.05, 3.63) is 23.2 Å². The maximum Gasteiger partial charge on any atom is 0.227 e. The monoisotopic (exact) mass is 327 g/mol. The summed E-state index contributed by atoms with van der Waals surface area (Å²) in [6.45, 7) is 0.974. The molecule has 4 nitrogen and oxygen atoms in total. The molecule has 1 aromatic carbocycles. The second kappa shape index (κ2) is 6.30. The highest BCUT2D eigenvalue weighted by Gasteiger charge is 2.17. The first kappa shape index (κ1) is 14.1. The number of aromatic nitrogens is 1. The highest BCUT2D eigenvalue weighted by molar-refractivity contribution is 7.99. The topological polar surface area (TPSA) is 54.0 Å². The number of fused-ring (bicyclic) bond motifs is 1. The maximum absolute atomic E-state index is 12.0. The fourth-order valence-electron chi connectivity index (χ4n) is 2.10. The molecule has 0 radical (unpaired) electrons. The molecule has 0 bridgehead atoms. The van der Waals surface area contributed by atoms with Crippen molar-refractivity contribution in [3.63, 3.8) is 0 Å². The highest BCUT2D eigenvalue weighted by Crippen LogP contribution is 2.28. The van der Waals surface area contributed by atoms with E-state index in [1.54, 1.807) is 6.07 Å². The normalized spacial score (nSPS) is 19.1. The van der Waals surface area contributed by atoms with Crippen molar-refractivity contribution in [1.29, 1.82) is 0 Å². The summed E-state index contributed by atoms with van der Waals surface area (Å²) in [5.41, 5.74) is 0.862. The van der Waals surface area contributed by atoms with Gasteiger partial charge in [-0.05, 0) is 18.2 Å². The molecule has 0 spiro atoms. The van der Waals surface area contributed by atoms with E-state index in [1.807, 2.05) is 23.9 Å². The van der Waals surface area contributed by atoms with Crippen LogP contribution in [-0.2, 0) is 4.79 Å². The van der Waals surface area contributed by atoms with Crippen LogP contribution in [0.1, 0.15) is 6.42 Å². The molecule has 1 aliphatic rings. The number of halogens is 1. The smallest absolute Gasteiger partial charge is 0.227 e. The van der Waals surface area contributed by atoms with Crippen LogP contribution in [0.4, 0.5) is 5.13 Å². The molecule has 2 heterocycles. The van der Waals surface area contributed by atoms with Gasteiger partial charge < -0.3 is 10.6 Å². The Morgan fingerprint density at radius 3 is 3.25 bits per heavy atom. The average molecular weight is 328 g/mol. The first-order valence-corrected chi connectivity index (χ1v) is 8.73. The lowest BCUT2D eigenvalue weighted by atomic mass is 10.2. The van der Waals surface area contributed by atoms with Crippen LogP contribution in [0.15, 0.2) is 18.2 Å². The Morgan fingerprint density at radius 2 is 2.45 bits per heavy atom. The second-order valence-corrected chi connectivity index (χ2v) is 7.23. The molecule has 1 amide bonds. The zero-order valence-electron chi connectivity index (χ0n) is 10.7. The van der Waals surface area contributed by atoms with Gasteiger partial charge >= 0.3 is 0 Å². The SMILES string of the molecule is O=C(CC1CSCCN1)Nc1nc2ccc(Cl)cc2s1. The number of hydrogen-bond donors (Lipinski definition) is 2. The van der Waals surface area contributed by atoms with Crippen molar-refractivity contribution in [2.24, 2.45) is 0 Å². The Labute approximate surface area is 130 Å². The maximum atomic E-state index is 12.0. The van der Waals surface area contributed by atoms with Crippen LogP contribution in [0.25, 0.3) is 10.2 Å². The third-order valence-corrected chi connectivity index (χ3v) is 5.33. The number of hydrogen-bond acceptors (Lipinski definition) is 5. The van der Waals surface area contributed by atoms with Crippen LogP contribution in [0.3, 0.4) is 0 Å². The molecular formula is C13H14ClN3OS2. The van der Waals surface area contributed by atoms with E-state index in [-0.39, 0.29) is 11.9 Å². The highest BCUT2D eigenvalue weighted by atomic mass is 35.5.